The van der Waals surface area contributed by atoms with Crippen LogP contribution in [0.4, 0.5) is 9.59 Å². The standard InChI is InChI=1S/C10H19NO4/c1-5-8(4)11(9(12)14-6-2)10(13)15-7-3/h8H,5-7H2,1-4H3. The molecule has 0 aliphatic carbocycles. The van der Waals surface area contributed by atoms with Crippen molar-refractivity contribution in [3.05, 3.63) is 0 Å². The lowest BCUT2D eigenvalue weighted by Gasteiger charge is -2.24. The van der Waals surface area contributed by atoms with Crippen molar-refractivity contribution in [3.63, 3.8) is 0 Å². The number of nitrogens with zero attached hydrogens (tertiary/aromatic N) is 1. The van der Waals surface area contributed by atoms with Crippen LogP contribution in [-0.2, 0) is 9.47 Å². The number of carbonyl (C=O) groups excluding carboxylic acids is 2. The number of ether oxygens (including phenoxy) is 2. The van der Waals surface area contributed by atoms with Gasteiger partial charge in [-0.2, -0.15) is 0 Å². The Kier molecular flexibility index (Phi) is 6.49. The van der Waals surface area contributed by atoms with E-state index in [1.54, 1.807) is 20.8 Å². The molecule has 0 fully saturated rings. The molecule has 5 heteroatoms. The molecule has 0 N–H and O–H groups in total. The van der Waals surface area contributed by atoms with Crippen molar-refractivity contribution in [1.82, 2.24) is 4.90 Å². The van der Waals surface area contributed by atoms with Crippen LogP contribution in [0.15, 0.2) is 0 Å². The number of carbonyl (C=O) groups is 2. The number of rotatable bonds is 4. The molecule has 2 amide bonds. The van der Waals surface area contributed by atoms with Gasteiger partial charge in [0, 0.05) is 6.04 Å². The van der Waals surface area contributed by atoms with Gasteiger partial charge < -0.3 is 9.47 Å². The summed E-state index contributed by atoms with van der Waals surface area (Å²) in [5.41, 5.74) is 0. The van der Waals surface area contributed by atoms with Crippen molar-refractivity contribution >= 4 is 12.2 Å². The minimum Gasteiger partial charge on any atom is -0.449 e. The zero-order valence-electron chi connectivity index (χ0n) is 9.78. The Morgan fingerprint density at radius 1 is 1.07 bits per heavy atom. The van der Waals surface area contributed by atoms with Crippen molar-refractivity contribution < 1.29 is 19.1 Å². The molecule has 0 aromatic carbocycles. The second-order valence-electron chi connectivity index (χ2n) is 3.03. The van der Waals surface area contributed by atoms with Crippen LogP contribution < -0.4 is 0 Å². The molecule has 0 saturated heterocycles. The van der Waals surface area contributed by atoms with E-state index in [2.05, 4.69) is 0 Å². The van der Waals surface area contributed by atoms with Crippen LogP contribution in [0.5, 0.6) is 0 Å². The Morgan fingerprint density at radius 2 is 1.47 bits per heavy atom. The highest BCUT2D eigenvalue weighted by Gasteiger charge is 2.28. The molecule has 88 valence electrons. The van der Waals surface area contributed by atoms with E-state index in [-0.39, 0.29) is 19.3 Å². The van der Waals surface area contributed by atoms with E-state index in [1.165, 1.54) is 0 Å². The Bertz CT molecular complexity index is 199. The second kappa shape index (κ2) is 7.09. The number of amides is 2. The fourth-order valence-electron chi connectivity index (χ4n) is 1.00. The Morgan fingerprint density at radius 3 is 1.73 bits per heavy atom. The third-order valence-corrected chi connectivity index (χ3v) is 1.96. The summed E-state index contributed by atoms with van der Waals surface area (Å²) in [6.45, 7) is 7.52. The maximum atomic E-state index is 11.5. The first-order valence-corrected chi connectivity index (χ1v) is 5.21. The average molecular weight is 217 g/mol. The van der Waals surface area contributed by atoms with Gasteiger partial charge in [0.25, 0.3) is 0 Å². The molecule has 1 unspecified atom stereocenters. The van der Waals surface area contributed by atoms with Crippen molar-refractivity contribution in [1.29, 1.82) is 0 Å². The van der Waals surface area contributed by atoms with Gasteiger partial charge in [0.05, 0.1) is 13.2 Å². The first-order valence-electron chi connectivity index (χ1n) is 5.21. The summed E-state index contributed by atoms with van der Waals surface area (Å²) in [5.74, 6) is 0. The normalized spacial score (nSPS) is 11.7. The molecule has 1 atom stereocenters. The molecular formula is C10H19NO4. The first kappa shape index (κ1) is 13.7. The fourth-order valence-corrected chi connectivity index (χ4v) is 1.00. The summed E-state index contributed by atoms with van der Waals surface area (Å²) in [4.78, 5) is 23.9. The van der Waals surface area contributed by atoms with Crippen LogP contribution in [0.25, 0.3) is 0 Å². The summed E-state index contributed by atoms with van der Waals surface area (Å²) < 4.78 is 9.56. The summed E-state index contributed by atoms with van der Waals surface area (Å²) in [6.07, 6.45) is -0.631. The van der Waals surface area contributed by atoms with Crippen molar-refractivity contribution in [2.45, 2.75) is 40.2 Å². The number of hydrogen-bond donors (Lipinski definition) is 0. The maximum Gasteiger partial charge on any atom is 0.419 e. The molecule has 0 saturated carbocycles. The van der Waals surface area contributed by atoms with Gasteiger partial charge in [-0.25, -0.2) is 14.5 Å². The zero-order valence-corrected chi connectivity index (χ0v) is 9.78. The van der Waals surface area contributed by atoms with Crippen LogP contribution in [0.3, 0.4) is 0 Å². The molecule has 0 heterocycles. The summed E-state index contributed by atoms with van der Waals surface area (Å²) >= 11 is 0. The minimum absolute atomic E-state index is 0.219. The van der Waals surface area contributed by atoms with E-state index in [1.807, 2.05) is 6.92 Å². The SMILES string of the molecule is CCOC(=O)N(C(=O)OCC)C(C)CC. The van der Waals surface area contributed by atoms with Crippen molar-refractivity contribution in [2.75, 3.05) is 13.2 Å². The lowest BCUT2D eigenvalue weighted by molar-refractivity contribution is 0.0689. The number of hydrogen-bond acceptors (Lipinski definition) is 4. The molecule has 0 aromatic rings. The van der Waals surface area contributed by atoms with Gasteiger partial charge >= 0.3 is 12.2 Å². The fraction of sp³-hybridized carbons (Fsp3) is 0.800. The summed E-state index contributed by atoms with van der Waals surface area (Å²) in [7, 11) is 0. The van der Waals surface area contributed by atoms with Gasteiger partial charge in [-0.3, -0.25) is 0 Å². The van der Waals surface area contributed by atoms with Gasteiger partial charge in [0.15, 0.2) is 0 Å². The molecule has 0 aliphatic rings. The monoisotopic (exact) mass is 217 g/mol. The Labute approximate surface area is 90.3 Å². The van der Waals surface area contributed by atoms with E-state index < -0.39 is 12.2 Å². The molecule has 0 bridgehead atoms. The molecule has 0 rings (SSSR count). The van der Waals surface area contributed by atoms with Gasteiger partial charge in [-0.15, -0.1) is 0 Å². The van der Waals surface area contributed by atoms with E-state index in [4.69, 9.17) is 9.47 Å². The van der Waals surface area contributed by atoms with Crippen LogP contribution >= 0.6 is 0 Å². The summed E-state index contributed by atoms with van der Waals surface area (Å²) in [5, 5.41) is 0. The van der Waals surface area contributed by atoms with Gasteiger partial charge in [-0.1, -0.05) is 6.92 Å². The van der Waals surface area contributed by atoms with Crippen LogP contribution in [0.2, 0.25) is 0 Å². The average Bonchev–Trinajstić information content (AvgIpc) is 2.18. The molecule has 15 heavy (non-hydrogen) atoms. The lowest BCUT2D eigenvalue weighted by atomic mass is 10.2. The minimum atomic E-state index is -0.648. The Hall–Kier alpha value is -1.26. The predicted octanol–water partition coefficient (Wildman–Crippen LogP) is 2.40. The van der Waals surface area contributed by atoms with Crippen LogP contribution in [0, 0.1) is 0 Å². The second-order valence-corrected chi connectivity index (χ2v) is 3.03. The molecule has 0 aromatic heterocycles. The van der Waals surface area contributed by atoms with Crippen molar-refractivity contribution in [2.24, 2.45) is 0 Å². The number of imide groups is 1. The van der Waals surface area contributed by atoms with Crippen molar-refractivity contribution in [3.8, 4) is 0 Å². The lowest BCUT2D eigenvalue weighted by Crippen LogP contribution is -2.43. The molecule has 5 nitrogen and oxygen atoms in total. The first-order chi connectivity index (χ1) is 7.08. The van der Waals surface area contributed by atoms with E-state index in [0.29, 0.717) is 6.42 Å². The predicted molar refractivity (Wildman–Crippen MR) is 55.6 cm³/mol. The van der Waals surface area contributed by atoms with Gasteiger partial charge in [-0.05, 0) is 27.2 Å². The van der Waals surface area contributed by atoms with Gasteiger partial charge in [0.1, 0.15) is 0 Å². The van der Waals surface area contributed by atoms with Crippen LogP contribution in [0.1, 0.15) is 34.1 Å². The smallest absolute Gasteiger partial charge is 0.419 e. The zero-order chi connectivity index (χ0) is 11.8. The highest BCUT2D eigenvalue weighted by molar-refractivity contribution is 5.88. The highest BCUT2D eigenvalue weighted by Crippen LogP contribution is 2.08. The topological polar surface area (TPSA) is 55.8 Å². The van der Waals surface area contributed by atoms with Gasteiger partial charge in [0.2, 0.25) is 0 Å². The van der Waals surface area contributed by atoms with E-state index >= 15 is 0 Å². The Balaban J connectivity index is 4.56. The maximum absolute atomic E-state index is 11.5. The summed E-state index contributed by atoms with van der Waals surface area (Å²) in [6, 6.07) is -0.219. The van der Waals surface area contributed by atoms with E-state index in [9.17, 15) is 9.59 Å². The molecule has 0 radical (unpaired) electrons. The molecule has 0 aliphatic heterocycles. The van der Waals surface area contributed by atoms with E-state index in [0.717, 1.165) is 4.90 Å². The third kappa shape index (κ3) is 4.18. The molecule has 0 spiro atoms. The largest absolute Gasteiger partial charge is 0.449 e. The highest BCUT2D eigenvalue weighted by atomic mass is 16.6. The molecular weight excluding hydrogens is 198 g/mol. The quantitative estimate of drug-likeness (QED) is 0.725. The van der Waals surface area contributed by atoms with Crippen LogP contribution in [-0.4, -0.2) is 36.3 Å². The third-order valence-electron chi connectivity index (χ3n) is 1.96.